The van der Waals surface area contributed by atoms with Crippen LogP contribution in [0.2, 0.25) is 0 Å². The molecule has 7 rings (SSSR count). The molecular formula is C38H35F2N3O3S. The Kier molecular flexibility index (Phi) is 8.70. The van der Waals surface area contributed by atoms with Crippen LogP contribution in [0.5, 0.6) is 11.5 Å². The van der Waals surface area contributed by atoms with Crippen molar-refractivity contribution < 1.29 is 23.1 Å². The van der Waals surface area contributed by atoms with Crippen LogP contribution < -0.4 is 4.74 Å². The zero-order valence-corrected chi connectivity index (χ0v) is 27.0. The lowest BCUT2D eigenvalue weighted by Crippen LogP contribution is -2.43. The normalized spacial score (nSPS) is 16.3. The number of aromatic nitrogens is 1. The maximum Gasteiger partial charge on any atom is 0.166 e. The van der Waals surface area contributed by atoms with Crippen molar-refractivity contribution in [3.8, 4) is 21.9 Å². The van der Waals surface area contributed by atoms with Crippen molar-refractivity contribution in [3.05, 3.63) is 113 Å². The number of piperazine rings is 1. The van der Waals surface area contributed by atoms with E-state index in [9.17, 15) is 14.0 Å². The van der Waals surface area contributed by atoms with Gasteiger partial charge in [0.05, 0.1) is 15.6 Å². The number of ketones is 2. The van der Waals surface area contributed by atoms with Crippen LogP contribution in [0.25, 0.3) is 20.7 Å². The van der Waals surface area contributed by atoms with E-state index in [1.165, 1.54) is 29.8 Å². The summed E-state index contributed by atoms with van der Waals surface area (Å²) < 4.78 is 35.4. The molecule has 47 heavy (non-hydrogen) atoms. The molecule has 0 radical (unpaired) electrons. The van der Waals surface area contributed by atoms with Crippen LogP contribution in [0.15, 0.2) is 85.1 Å². The predicted molar refractivity (Wildman–Crippen MR) is 180 cm³/mol. The summed E-state index contributed by atoms with van der Waals surface area (Å²) in [5.74, 6) is -0.802. The van der Waals surface area contributed by atoms with E-state index in [0.717, 1.165) is 53.4 Å². The number of benzene rings is 3. The molecule has 0 atom stereocenters. The molecule has 0 N–H and O–H groups in total. The number of thiophene rings is 1. The third-order valence-electron chi connectivity index (χ3n) is 9.29. The molecule has 0 spiro atoms. The molecule has 2 aromatic heterocycles. The van der Waals surface area contributed by atoms with Gasteiger partial charge in [0, 0.05) is 62.7 Å². The first-order valence-electron chi connectivity index (χ1n) is 15.9. The van der Waals surface area contributed by atoms with Crippen molar-refractivity contribution in [1.29, 1.82) is 0 Å². The van der Waals surface area contributed by atoms with E-state index < -0.39 is 11.2 Å². The van der Waals surface area contributed by atoms with Crippen LogP contribution in [0.1, 0.15) is 29.5 Å². The van der Waals surface area contributed by atoms with Gasteiger partial charge in [0.1, 0.15) is 11.6 Å². The Bertz CT molecular complexity index is 1930. The van der Waals surface area contributed by atoms with Gasteiger partial charge < -0.3 is 9.64 Å². The highest BCUT2D eigenvalue weighted by atomic mass is 32.1. The highest BCUT2D eigenvalue weighted by Crippen LogP contribution is 2.49. The molecule has 5 aromatic rings. The SMILES string of the molecule is CN1CCN(Cc2ccc(-c3cc4nccc(Oc5ccc(CC(=O)C6(C(=O)Cc7ccc(F)cc7)CC6)cc5F)c4s3)cc2)CC1. The minimum atomic E-state index is -1.04. The summed E-state index contributed by atoms with van der Waals surface area (Å²) in [7, 11) is 2.16. The number of Topliss-reactive ketones (excluding diaryl/α,β-unsaturated/α-hetero) is 2. The standard InChI is InChI=1S/C38H35F2N3O3S/c1-42-16-18-43(19-17-42)24-26-2-7-28(8-3-26)34-23-31-37(47-34)33(12-15-41-31)46-32-11-6-27(20-30(32)40)22-36(45)38(13-14-38)35(44)21-25-4-9-29(39)10-5-25/h2-12,15,20,23H,13-14,16-19,21-22,24H2,1H3. The smallest absolute Gasteiger partial charge is 0.166 e. The summed E-state index contributed by atoms with van der Waals surface area (Å²) in [4.78, 5) is 36.6. The first-order chi connectivity index (χ1) is 22.8. The number of pyridine rings is 1. The van der Waals surface area contributed by atoms with Gasteiger partial charge in [0.25, 0.3) is 0 Å². The molecule has 1 saturated carbocycles. The maximum absolute atomic E-state index is 15.3. The first kappa shape index (κ1) is 31.3. The fourth-order valence-electron chi connectivity index (χ4n) is 6.18. The monoisotopic (exact) mass is 651 g/mol. The van der Waals surface area contributed by atoms with E-state index in [1.807, 2.05) is 6.07 Å². The lowest BCUT2D eigenvalue weighted by molar-refractivity contribution is -0.133. The number of nitrogens with zero attached hydrogens (tertiary/aromatic N) is 3. The van der Waals surface area contributed by atoms with E-state index in [4.69, 9.17) is 4.74 Å². The number of likely N-dealkylation sites (N-methyl/N-ethyl adjacent to an activating group) is 1. The van der Waals surface area contributed by atoms with E-state index >= 15 is 4.39 Å². The number of rotatable bonds is 11. The minimum absolute atomic E-state index is 0.0467. The highest BCUT2D eigenvalue weighted by molar-refractivity contribution is 7.22. The number of fused-ring (bicyclic) bond motifs is 1. The topological polar surface area (TPSA) is 62.7 Å². The zero-order valence-electron chi connectivity index (χ0n) is 26.2. The van der Waals surface area contributed by atoms with Gasteiger partial charge in [-0.3, -0.25) is 19.5 Å². The second-order valence-electron chi connectivity index (χ2n) is 12.7. The largest absolute Gasteiger partial charge is 0.453 e. The minimum Gasteiger partial charge on any atom is -0.453 e. The van der Waals surface area contributed by atoms with Crippen LogP contribution >= 0.6 is 11.3 Å². The van der Waals surface area contributed by atoms with E-state index in [-0.39, 0.29) is 36.0 Å². The van der Waals surface area contributed by atoms with Crippen molar-refractivity contribution in [2.45, 2.75) is 32.2 Å². The van der Waals surface area contributed by atoms with Gasteiger partial charge in [-0.1, -0.05) is 42.5 Å². The van der Waals surface area contributed by atoms with Crippen LogP contribution in [-0.4, -0.2) is 59.6 Å². The van der Waals surface area contributed by atoms with Crippen molar-refractivity contribution >= 4 is 33.1 Å². The molecule has 2 aliphatic rings. The van der Waals surface area contributed by atoms with Gasteiger partial charge in [-0.25, -0.2) is 8.78 Å². The van der Waals surface area contributed by atoms with E-state index in [2.05, 4.69) is 46.1 Å². The molecule has 0 amide bonds. The second kappa shape index (κ2) is 13.1. The lowest BCUT2D eigenvalue weighted by atomic mass is 9.88. The molecule has 1 aliphatic carbocycles. The number of carbonyl (C=O) groups excluding carboxylic acids is 2. The Morgan fingerprint density at radius 2 is 1.47 bits per heavy atom. The Balaban J connectivity index is 1.01. The van der Waals surface area contributed by atoms with Crippen LogP contribution in [0.3, 0.4) is 0 Å². The summed E-state index contributed by atoms with van der Waals surface area (Å²) in [6.45, 7) is 5.28. The van der Waals surface area contributed by atoms with Gasteiger partial charge in [-0.15, -0.1) is 11.3 Å². The molecule has 9 heteroatoms. The van der Waals surface area contributed by atoms with E-state index in [1.54, 1.807) is 41.8 Å². The summed E-state index contributed by atoms with van der Waals surface area (Å²) in [6.07, 6.45) is 2.64. The average Bonchev–Trinajstić information content (AvgIpc) is 3.78. The van der Waals surface area contributed by atoms with Crippen molar-refractivity contribution in [2.24, 2.45) is 5.41 Å². The number of ether oxygens (including phenoxy) is 1. The Labute approximate surface area is 276 Å². The van der Waals surface area contributed by atoms with Crippen molar-refractivity contribution in [2.75, 3.05) is 33.2 Å². The predicted octanol–water partition coefficient (Wildman–Crippen LogP) is 7.48. The van der Waals surface area contributed by atoms with Gasteiger partial charge >= 0.3 is 0 Å². The summed E-state index contributed by atoms with van der Waals surface area (Å²) >= 11 is 1.55. The Morgan fingerprint density at radius 3 is 2.15 bits per heavy atom. The molecule has 3 heterocycles. The molecule has 0 bridgehead atoms. The van der Waals surface area contributed by atoms with Crippen molar-refractivity contribution in [3.63, 3.8) is 0 Å². The summed E-state index contributed by atoms with van der Waals surface area (Å²) in [6, 6.07) is 22.6. The number of hydrogen-bond acceptors (Lipinski definition) is 7. The second-order valence-corrected chi connectivity index (χ2v) is 13.7. The van der Waals surface area contributed by atoms with Gasteiger partial charge in [0.2, 0.25) is 0 Å². The van der Waals surface area contributed by atoms with Crippen LogP contribution in [-0.2, 0) is 29.0 Å². The van der Waals surface area contributed by atoms with Crippen LogP contribution in [0.4, 0.5) is 8.78 Å². The Hall–Kier alpha value is -4.31. The third kappa shape index (κ3) is 6.88. The van der Waals surface area contributed by atoms with Gasteiger partial charge in [0.15, 0.2) is 23.1 Å². The summed E-state index contributed by atoms with van der Waals surface area (Å²) in [5, 5.41) is 0. The average molecular weight is 652 g/mol. The maximum atomic E-state index is 15.3. The molecule has 1 saturated heterocycles. The fourth-order valence-corrected chi connectivity index (χ4v) is 7.25. The number of hydrogen-bond donors (Lipinski definition) is 0. The lowest BCUT2D eigenvalue weighted by Gasteiger charge is -2.32. The first-order valence-corrected chi connectivity index (χ1v) is 16.7. The molecule has 0 unspecified atom stereocenters. The molecule has 6 nitrogen and oxygen atoms in total. The highest BCUT2D eigenvalue weighted by Gasteiger charge is 2.54. The molecule has 2 fully saturated rings. The number of carbonyl (C=O) groups is 2. The van der Waals surface area contributed by atoms with E-state index in [0.29, 0.717) is 29.7 Å². The van der Waals surface area contributed by atoms with Gasteiger partial charge in [-0.2, -0.15) is 0 Å². The summed E-state index contributed by atoms with van der Waals surface area (Å²) in [5.41, 5.74) is 3.25. The molecule has 3 aromatic carbocycles. The van der Waals surface area contributed by atoms with Crippen molar-refractivity contribution in [1.82, 2.24) is 14.8 Å². The van der Waals surface area contributed by atoms with Crippen LogP contribution in [0, 0.1) is 17.0 Å². The molecular weight excluding hydrogens is 616 g/mol. The fraction of sp³-hybridized carbons (Fsp3) is 0.289. The third-order valence-corrected chi connectivity index (χ3v) is 10.5. The van der Waals surface area contributed by atoms with Gasteiger partial charge in [-0.05, 0) is 72.5 Å². The number of halogens is 2. The Morgan fingerprint density at radius 1 is 0.809 bits per heavy atom. The quantitative estimate of drug-likeness (QED) is 0.138. The molecule has 1 aliphatic heterocycles. The zero-order chi connectivity index (χ0) is 32.5. The molecule has 240 valence electrons.